The van der Waals surface area contributed by atoms with Crippen molar-refractivity contribution in [1.82, 2.24) is 0 Å². The summed E-state index contributed by atoms with van der Waals surface area (Å²) in [6.45, 7) is 1.72. The molecular formula is C9H13O4P. The van der Waals surface area contributed by atoms with E-state index in [1.165, 1.54) is 12.1 Å². The van der Waals surface area contributed by atoms with Crippen molar-refractivity contribution in [3.8, 4) is 5.75 Å². The molecule has 78 valence electrons. The molecule has 3 N–H and O–H groups in total. The molecule has 0 saturated carbocycles. The van der Waals surface area contributed by atoms with Crippen LogP contribution < -0.4 is 0 Å². The monoisotopic (exact) mass is 216 g/mol. The van der Waals surface area contributed by atoms with Gasteiger partial charge in [0.25, 0.3) is 0 Å². The molecule has 1 rings (SSSR count). The third-order valence-electron chi connectivity index (χ3n) is 1.95. The number of benzene rings is 1. The van der Waals surface area contributed by atoms with Gasteiger partial charge in [-0.15, -0.1) is 0 Å². The summed E-state index contributed by atoms with van der Waals surface area (Å²) in [5.74, 6) is -0.150. The maximum Gasteiger partial charge on any atom is 0.326 e. The Kier molecular flexibility index (Phi) is 3.32. The van der Waals surface area contributed by atoms with Gasteiger partial charge in [-0.2, -0.15) is 0 Å². The molecule has 0 aromatic heterocycles. The normalized spacial score (nSPS) is 13.9. The van der Waals surface area contributed by atoms with E-state index in [0.29, 0.717) is 0 Å². The highest BCUT2D eigenvalue weighted by Gasteiger charge is 2.19. The van der Waals surface area contributed by atoms with Crippen LogP contribution in [-0.4, -0.2) is 21.1 Å². The van der Waals surface area contributed by atoms with Crippen LogP contribution in [-0.2, 0) is 4.57 Å². The van der Waals surface area contributed by atoms with Crippen LogP contribution in [0.3, 0.4) is 0 Å². The van der Waals surface area contributed by atoms with Gasteiger partial charge in [0.05, 0.1) is 6.16 Å². The zero-order valence-electron chi connectivity index (χ0n) is 7.79. The first kappa shape index (κ1) is 11.2. The van der Waals surface area contributed by atoms with Gasteiger partial charge in [-0.3, -0.25) is 4.57 Å². The fourth-order valence-corrected chi connectivity index (χ4v) is 2.22. The topological polar surface area (TPSA) is 77.8 Å². The highest BCUT2D eigenvalue weighted by atomic mass is 31.2. The van der Waals surface area contributed by atoms with Gasteiger partial charge in [0.2, 0.25) is 0 Å². The van der Waals surface area contributed by atoms with Crippen molar-refractivity contribution < 1.29 is 19.5 Å². The molecule has 0 bridgehead atoms. The van der Waals surface area contributed by atoms with Crippen LogP contribution in [0.4, 0.5) is 0 Å². The Hall–Kier alpha value is -0.830. The molecule has 1 atom stereocenters. The van der Waals surface area contributed by atoms with Gasteiger partial charge in [0.1, 0.15) is 5.75 Å². The molecule has 14 heavy (non-hydrogen) atoms. The van der Waals surface area contributed by atoms with Gasteiger partial charge in [-0.1, -0.05) is 19.1 Å². The smallest absolute Gasteiger partial charge is 0.326 e. The summed E-state index contributed by atoms with van der Waals surface area (Å²) in [5.41, 5.74) is 0.730. The quantitative estimate of drug-likeness (QED) is 0.671. The number of phenolic OH excluding ortho intramolecular Hbond substituents is 1. The zero-order valence-corrected chi connectivity index (χ0v) is 8.69. The Bertz CT molecular complexity index is 358. The van der Waals surface area contributed by atoms with E-state index in [-0.39, 0.29) is 17.8 Å². The first-order valence-electron chi connectivity index (χ1n) is 4.22. The molecule has 0 aliphatic rings. The van der Waals surface area contributed by atoms with Crippen LogP contribution in [0.1, 0.15) is 18.4 Å². The molecule has 0 saturated heterocycles. The number of hydrogen-bond acceptors (Lipinski definition) is 2. The van der Waals surface area contributed by atoms with E-state index < -0.39 is 7.60 Å². The molecular weight excluding hydrogens is 203 g/mol. The lowest BCUT2D eigenvalue weighted by molar-refractivity contribution is 0.369. The van der Waals surface area contributed by atoms with Crippen molar-refractivity contribution >= 4 is 7.60 Å². The van der Waals surface area contributed by atoms with Gasteiger partial charge in [0, 0.05) is 0 Å². The van der Waals surface area contributed by atoms with Gasteiger partial charge in [-0.05, 0) is 23.6 Å². The predicted molar refractivity (Wildman–Crippen MR) is 53.4 cm³/mol. The number of rotatable bonds is 3. The lowest BCUT2D eigenvalue weighted by Gasteiger charge is -2.12. The number of hydrogen-bond donors (Lipinski definition) is 3. The summed E-state index contributed by atoms with van der Waals surface area (Å²) in [7, 11) is -3.98. The second-order valence-electron chi connectivity index (χ2n) is 3.34. The van der Waals surface area contributed by atoms with Gasteiger partial charge < -0.3 is 14.9 Å². The summed E-state index contributed by atoms with van der Waals surface area (Å²) >= 11 is 0. The Morgan fingerprint density at radius 1 is 1.43 bits per heavy atom. The molecule has 1 aromatic carbocycles. The maximum atomic E-state index is 10.7. The lowest BCUT2D eigenvalue weighted by Crippen LogP contribution is -2.00. The first-order valence-corrected chi connectivity index (χ1v) is 6.02. The van der Waals surface area contributed by atoms with Gasteiger partial charge >= 0.3 is 7.60 Å². The average Bonchev–Trinajstić information content (AvgIpc) is 2.01. The SMILES string of the molecule is C[C@H](CP(=O)(O)O)c1cccc(O)c1. The Morgan fingerprint density at radius 2 is 2.07 bits per heavy atom. The molecule has 0 aliphatic carbocycles. The van der Waals surface area contributed by atoms with Crippen LogP contribution in [0, 0.1) is 0 Å². The fraction of sp³-hybridized carbons (Fsp3) is 0.333. The van der Waals surface area contributed by atoms with E-state index in [1.54, 1.807) is 19.1 Å². The predicted octanol–water partition coefficient (Wildman–Crippen LogP) is 1.67. The Morgan fingerprint density at radius 3 is 2.57 bits per heavy atom. The van der Waals surface area contributed by atoms with E-state index in [1.807, 2.05) is 0 Å². The van der Waals surface area contributed by atoms with E-state index >= 15 is 0 Å². The largest absolute Gasteiger partial charge is 0.508 e. The summed E-state index contributed by atoms with van der Waals surface area (Å²) in [6, 6.07) is 6.43. The van der Waals surface area contributed by atoms with Crippen molar-refractivity contribution in [2.24, 2.45) is 0 Å². The van der Waals surface area contributed by atoms with E-state index in [2.05, 4.69) is 0 Å². The molecule has 0 aliphatic heterocycles. The van der Waals surface area contributed by atoms with E-state index in [0.717, 1.165) is 5.56 Å². The average molecular weight is 216 g/mol. The van der Waals surface area contributed by atoms with Gasteiger partial charge in [-0.25, -0.2) is 0 Å². The zero-order chi connectivity index (χ0) is 10.8. The van der Waals surface area contributed by atoms with E-state index in [9.17, 15) is 4.57 Å². The number of aromatic hydroxyl groups is 1. The number of phenols is 1. The van der Waals surface area contributed by atoms with Gasteiger partial charge in [0.15, 0.2) is 0 Å². The lowest BCUT2D eigenvalue weighted by atomic mass is 10.0. The van der Waals surface area contributed by atoms with Crippen LogP contribution in [0.25, 0.3) is 0 Å². The molecule has 0 amide bonds. The van der Waals surface area contributed by atoms with Crippen molar-refractivity contribution in [2.75, 3.05) is 6.16 Å². The Balaban J connectivity index is 2.80. The van der Waals surface area contributed by atoms with Crippen molar-refractivity contribution in [2.45, 2.75) is 12.8 Å². The molecule has 0 heterocycles. The standard InChI is InChI=1S/C9H13O4P/c1-7(6-14(11,12)13)8-3-2-4-9(10)5-8/h2-5,7,10H,6H2,1H3,(H2,11,12,13)/t7-/m1/s1. The van der Waals surface area contributed by atoms with Crippen LogP contribution in [0.5, 0.6) is 5.75 Å². The summed E-state index contributed by atoms with van der Waals surface area (Å²) < 4.78 is 10.7. The minimum absolute atomic E-state index is 0.111. The highest BCUT2D eigenvalue weighted by Crippen LogP contribution is 2.40. The molecule has 0 radical (unpaired) electrons. The fourth-order valence-electron chi connectivity index (χ4n) is 1.29. The molecule has 0 spiro atoms. The summed E-state index contributed by atoms with van der Waals surface area (Å²) in [5, 5.41) is 9.17. The molecule has 0 fully saturated rings. The van der Waals surface area contributed by atoms with Crippen LogP contribution >= 0.6 is 7.60 Å². The highest BCUT2D eigenvalue weighted by molar-refractivity contribution is 7.51. The Labute approximate surface area is 82.4 Å². The van der Waals surface area contributed by atoms with Crippen LogP contribution in [0.2, 0.25) is 0 Å². The minimum atomic E-state index is -3.98. The molecule has 5 heteroatoms. The summed E-state index contributed by atoms with van der Waals surface area (Å²) in [4.78, 5) is 17.5. The molecule has 4 nitrogen and oxygen atoms in total. The minimum Gasteiger partial charge on any atom is -0.508 e. The second kappa shape index (κ2) is 4.13. The van der Waals surface area contributed by atoms with Crippen molar-refractivity contribution in [3.63, 3.8) is 0 Å². The first-order chi connectivity index (χ1) is 6.38. The molecule has 1 aromatic rings. The second-order valence-corrected chi connectivity index (χ2v) is 5.04. The van der Waals surface area contributed by atoms with Crippen LogP contribution in [0.15, 0.2) is 24.3 Å². The summed E-state index contributed by atoms with van der Waals surface area (Å²) in [6.07, 6.45) is -0.198. The molecule has 0 unspecified atom stereocenters. The third-order valence-corrected chi connectivity index (χ3v) is 2.97. The van der Waals surface area contributed by atoms with Crippen molar-refractivity contribution in [3.05, 3.63) is 29.8 Å². The van der Waals surface area contributed by atoms with E-state index in [4.69, 9.17) is 14.9 Å². The maximum absolute atomic E-state index is 10.7. The third kappa shape index (κ3) is 3.50. The van der Waals surface area contributed by atoms with Crippen molar-refractivity contribution in [1.29, 1.82) is 0 Å².